The molecule has 1 aliphatic rings. The zero-order valence-corrected chi connectivity index (χ0v) is 13.7. The molecule has 0 radical (unpaired) electrons. The van der Waals surface area contributed by atoms with Crippen LogP contribution in [-0.2, 0) is 17.8 Å². The van der Waals surface area contributed by atoms with Gasteiger partial charge in [0.15, 0.2) is 11.5 Å². The molecule has 1 aliphatic heterocycles. The Kier molecular flexibility index (Phi) is 5.21. The van der Waals surface area contributed by atoms with E-state index in [4.69, 9.17) is 14.2 Å². The van der Waals surface area contributed by atoms with Gasteiger partial charge in [0.05, 0.1) is 6.61 Å². The van der Waals surface area contributed by atoms with Gasteiger partial charge in [0.25, 0.3) is 0 Å². The molecule has 3 rings (SSSR count). The van der Waals surface area contributed by atoms with Crippen LogP contribution < -0.4 is 19.5 Å². The van der Waals surface area contributed by atoms with Gasteiger partial charge in [0, 0.05) is 13.0 Å². The molecule has 0 atom stereocenters. The standard InChI is InChI=1S/C19H21NO4/c1-2-22-16-5-3-4-15(10-16)12-20-19(21)9-7-14-6-8-17-18(11-14)24-13-23-17/h3-6,8,10-11H,2,7,9,12-13H2,1H3,(H,20,21). The molecule has 0 fully saturated rings. The van der Waals surface area contributed by atoms with Crippen LogP contribution in [0.25, 0.3) is 0 Å². The maximum Gasteiger partial charge on any atom is 0.231 e. The number of aryl methyl sites for hydroxylation is 1. The Morgan fingerprint density at radius 3 is 2.88 bits per heavy atom. The molecule has 0 saturated carbocycles. The number of ether oxygens (including phenoxy) is 3. The SMILES string of the molecule is CCOc1cccc(CNC(=O)CCc2ccc3c(c2)OCO3)c1. The molecule has 0 unspecified atom stereocenters. The molecule has 5 nitrogen and oxygen atoms in total. The van der Waals surface area contributed by atoms with E-state index in [0.717, 1.165) is 28.4 Å². The van der Waals surface area contributed by atoms with Crippen LogP contribution in [0.1, 0.15) is 24.5 Å². The van der Waals surface area contributed by atoms with Gasteiger partial charge in [-0.15, -0.1) is 0 Å². The summed E-state index contributed by atoms with van der Waals surface area (Å²) < 4.78 is 16.1. The topological polar surface area (TPSA) is 56.8 Å². The molecular weight excluding hydrogens is 306 g/mol. The molecule has 1 amide bonds. The van der Waals surface area contributed by atoms with E-state index in [0.29, 0.717) is 26.0 Å². The van der Waals surface area contributed by atoms with E-state index in [-0.39, 0.29) is 12.7 Å². The normalized spacial score (nSPS) is 12.0. The van der Waals surface area contributed by atoms with Crippen molar-refractivity contribution in [3.8, 4) is 17.2 Å². The average Bonchev–Trinajstić information content (AvgIpc) is 3.06. The number of rotatable bonds is 7. The third kappa shape index (κ3) is 4.19. The second-order valence-electron chi connectivity index (χ2n) is 5.54. The minimum atomic E-state index is 0.0227. The molecule has 0 spiro atoms. The second kappa shape index (κ2) is 7.73. The summed E-state index contributed by atoms with van der Waals surface area (Å²) in [6.45, 7) is 3.34. The number of carbonyl (C=O) groups is 1. The van der Waals surface area contributed by atoms with Crippen LogP contribution in [0.2, 0.25) is 0 Å². The van der Waals surface area contributed by atoms with Crippen LogP contribution in [0.3, 0.4) is 0 Å². The molecule has 2 aromatic rings. The van der Waals surface area contributed by atoms with Gasteiger partial charge in [0.1, 0.15) is 5.75 Å². The fourth-order valence-electron chi connectivity index (χ4n) is 2.56. The Morgan fingerprint density at radius 1 is 1.12 bits per heavy atom. The minimum Gasteiger partial charge on any atom is -0.494 e. The van der Waals surface area contributed by atoms with E-state index in [1.807, 2.05) is 49.4 Å². The summed E-state index contributed by atoms with van der Waals surface area (Å²) in [6, 6.07) is 13.5. The summed E-state index contributed by atoms with van der Waals surface area (Å²) in [6.07, 6.45) is 1.10. The van der Waals surface area contributed by atoms with E-state index in [9.17, 15) is 4.79 Å². The molecule has 0 saturated heterocycles. The number of amides is 1. The Balaban J connectivity index is 1.46. The Hall–Kier alpha value is -2.69. The highest BCUT2D eigenvalue weighted by atomic mass is 16.7. The predicted octanol–water partition coefficient (Wildman–Crippen LogP) is 3.06. The Labute approximate surface area is 141 Å². The lowest BCUT2D eigenvalue weighted by Gasteiger charge is -2.08. The molecule has 126 valence electrons. The van der Waals surface area contributed by atoms with Crippen LogP contribution in [0, 0.1) is 0 Å². The molecule has 24 heavy (non-hydrogen) atoms. The first-order chi connectivity index (χ1) is 11.7. The van der Waals surface area contributed by atoms with Crippen molar-refractivity contribution in [3.05, 3.63) is 53.6 Å². The lowest BCUT2D eigenvalue weighted by atomic mass is 10.1. The van der Waals surface area contributed by atoms with Crippen LogP contribution in [0.4, 0.5) is 0 Å². The predicted molar refractivity (Wildman–Crippen MR) is 90.3 cm³/mol. The van der Waals surface area contributed by atoms with Gasteiger partial charge in [-0.25, -0.2) is 0 Å². The third-order valence-electron chi connectivity index (χ3n) is 3.78. The van der Waals surface area contributed by atoms with Crippen molar-refractivity contribution in [1.82, 2.24) is 5.32 Å². The Bertz CT molecular complexity index is 714. The van der Waals surface area contributed by atoms with E-state index in [1.165, 1.54) is 0 Å². The van der Waals surface area contributed by atoms with Gasteiger partial charge >= 0.3 is 0 Å². The van der Waals surface area contributed by atoms with Crippen LogP contribution in [-0.4, -0.2) is 19.3 Å². The van der Waals surface area contributed by atoms with Crippen LogP contribution in [0.15, 0.2) is 42.5 Å². The van der Waals surface area contributed by atoms with Crippen molar-refractivity contribution in [1.29, 1.82) is 0 Å². The quantitative estimate of drug-likeness (QED) is 0.849. The lowest BCUT2D eigenvalue weighted by molar-refractivity contribution is -0.121. The molecule has 1 N–H and O–H groups in total. The maximum absolute atomic E-state index is 12.0. The zero-order chi connectivity index (χ0) is 16.8. The van der Waals surface area contributed by atoms with E-state index < -0.39 is 0 Å². The second-order valence-corrected chi connectivity index (χ2v) is 5.54. The summed E-state index contributed by atoms with van der Waals surface area (Å²) in [5.74, 6) is 2.36. The van der Waals surface area contributed by atoms with Crippen molar-refractivity contribution in [3.63, 3.8) is 0 Å². The fourth-order valence-corrected chi connectivity index (χ4v) is 2.56. The number of hydrogen-bond acceptors (Lipinski definition) is 4. The molecule has 0 bridgehead atoms. The fraction of sp³-hybridized carbons (Fsp3) is 0.316. The van der Waals surface area contributed by atoms with Crippen LogP contribution >= 0.6 is 0 Å². The summed E-state index contributed by atoms with van der Waals surface area (Å²) in [7, 11) is 0. The van der Waals surface area contributed by atoms with Gasteiger partial charge in [-0.05, 0) is 48.7 Å². The lowest BCUT2D eigenvalue weighted by Crippen LogP contribution is -2.23. The van der Waals surface area contributed by atoms with E-state index in [1.54, 1.807) is 0 Å². The molecule has 2 aromatic carbocycles. The van der Waals surface area contributed by atoms with Crippen LogP contribution in [0.5, 0.6) is 17.2 Å². The van der Waals surface area contributed by atoms with Gasteiger partial charge in [0.2, 0.25) is 12.7 Å². The largest absolute Gasteiger partial charge is 0.494 e. The first-order valence-corrected chi connectivity index (χ1v) is 8.11. The van der Waals surface area contributed by atoms with Gasteiger partial charge in [-0.3, -0.25) is 4.79 Å². The number of carbonyl (C=O) groups excluding carboxylic acids is 1. The first-order valence-electron chi connectivity index (χ1n) is 8.11. The summed E-state index contributed by atoms with van der Waals surface area (Å²) in [5, 5.41) is 2.94. The minimum absolute atomic E-state index is 0.0227. The summed E-state index contributed by atoms with van der Waals surface area (Å²) >= 11 is 0. The van der Waals surface area contributed by atoms with Gasteiger partial charge < -0.3 is 19.5 Å². The molecule has 0 aromatic heterocycles. The molecule has 0 aliphatic carbocycles. The van der Waals surface area contributed by atoms with Gasteiger partial charge in [-0.2, -0.15) is 0 Å². The van der Waals surface area contributed by atoms with Gasteiger partial charge in [-0.1, -0.05) is 18.2 Å². The number of hydrogen-bond donors (Lipinski definition) is 1. The third-order valence-corrected chi connectivity index (χ3v) is 3.78. The van der Waals surface area contributed by atoms with Crippen molar-refractivity contribution in [2.45, 2.75) is 26.3 Å². The van der Waals surface area contributed by atoms with Crippen molar-refractivity contribution in [2.24, 2.45) is 0 Å². The molecular formula is C19H21NO4. The highest BCUT2D eigenvalue weighted by molar-refractivity contribution is 5.76. The van der Waals surface area contributed by atoms with Crippen molar-refractivity contribution >= 4 is 5.91 Å². The van der Waals surface area contributed by atoms with Crippen molar-refractivity contribution in [2.75, 3.05) is 13.4 Å². The molecule has 5 heteroatoms. The van der Waals surface area contributed by atoms with Crippen molar-refractivity contribution < 1.29 is 19.0 Å². The summed E-state index contributed by atoms with van der Waals surface area (Å²) in [4.78, 5) is 12.0. The van der Waals surface area contributed by atoms with E-state index in [2.05, 4.69) is 5.32 Å². The highest BCUT2D eigenvalue weighted by Crippen LogP contribution is 2.32. The number of benzene rings is 2. The zero-order valence-electron chi connectivity index (χ0n) is 13.7. The smallest absolute Gasteiger partial charge is 0.231 e. The Morgan fingerprint density at radius 2 is 2.00 bits per heavy atom. The number of fused-ring (bicyclic) bond motifs is 1. The summed E-state index contributed by atoms with van der Waals surface area (Å²) in [5.41, 5.74) is 2.09. The first kappa shape index (κ1) is 16.2. The van der Waals surface area contributed by atoms with E-state index >= 15 is 0 Å². The highest BCUT2D eigenvalue weighted by Gasteiger charge is 2.13. The number of nitrogens with one attached hydrogen (secondary N) is 1. The monoisotopic (exact) mass is 327 g/mol. The molecule has 1 heterocycles. The average molecular weight is 327 g/mol. The maximum atomic E-state index is 12.0.